The van der Waals surface area contributed by atoms with Gasteiger partial charge in [0, 0.05) is 19.8 Å². The maximum absolute atomic E-state index is 12.5. The van der Waals surface area contributed by atoms with E-state index in [-0.39, 0.29) is 17.9 Å². The van der Waals surface area contributed by atoms with Gasteiger partial charge in [-0.25, -0.2) is 0 Å². The highest BCUT2D eigenvalue weighted by Gasteiger charge is 2.50. The summed E-state index contributed by atoms with van der Waals surface area (Å²) < 4.78 is 5.38. The van der Waals surface area contributed by atoms with Gasteiger partial charge in [0.05, 0.1) is 0 Å². The average molecular weight is 441 g/mol. The van der Waals surface area contributed by atoms with E-state index >= 15 is 0 Å². The van der Waals surface area contributed by atoms with Gasteiger partial charge in [-0.2, -0.15) is 0 Å². The molecule has 0 heterocycles. The van der Waals surface area contributed by atoms with E-state index in [4.69, 9.17) is 4.74 Å². The van der Waals surface area contributed by atoms with Crippen molar-refractivity contribution in [3.8, 4) is 0 Å². The lowest BCUT2D eigenvalue weighted by Crippen LogP contribution is -2.35. The predicted molar refractivity (Wildman–Crippen MR) is 131 cm³/mol. The van der Waals surface area contributed by atoms with Crippen molar-refractivity contribution in [2.24, 2.45) is 35.0 Å². The van der Waals surface area contributed by atoms with E-state index in [9.17, 15) is 9.59 Å². The highest BCUT2D eigenvalue weighted by atomic mass is 16.5. The first-order valence-corrected chi connectivity index (χ1v) is 12.9. The fraction of sp³-hybridized carbons (Fsp3) is 0.724. The summed E-state index contributed by atoms with van der Waals surface area (Å²) in [5.74, 6) is 3.22. The predicted octanol–water partition coefficient (Wildman–Crippen LogP) is 7.22. The van der Waals surface area contributed by atoms with Gasteiger partial charge in [0.15, 0.2) is 5.78 Å². The number of hydrogen-bond donors (Lipinski definition) is 0. The van der Waals surface area contributed by atoms with Crippen LogP contribution in [0.1, 0.15) is 92.9 Å². The van der Waals surface area contributed by atoms with Crippen molar-refractivity contribution in [2.75, 3.05) is 0 Å². The number of carbonyl (C=O) groups excluding carboxylic acids is 2. The third-order valence-corrected chi connectivity index (χ3v) is 8.77. The van der Waals surface area contributed by atoms with E-state index in [1.54, 1.807) is 0 Å². The lowest BCUT2D eigenvalue weighted by molar-refractivity contribution is -0.148. The molecule has 3 saturated carbocycles. The average Bonchev–Trinajstić information content (AvgIpc) is 3.09. The third-order valence-electron chi connectivity index (χ3n) is 8.77. The number of esters is 1. The van der Waals surface area contributed by atoms with Gasteiger partial charge in [0.2, 0.25) is 0 Å². The van der Waals surface area contributed by atoms with Crippen LogP contribution in [0, 0.1) is 35.0 Å². The number of ketones is 1. The third kappa shape index (κ3) is 5.64. The van der Waals surface area contributed by atoms with Crippen LogP contribution in [0.4, 0.5) is 0 Å². The normalized spacial score (nSPS) is 35.5. The van der Waals surface area contributed by atoms with Gasteiger partial charge in [0.1, 0.15) is 6.10 Å². The van der Waals surface area contributed by atoms with Crippen molar-refractivity contribution in [3.63, 3.8) is 0 Å². The first-order valence-electron chi connectivity index (χ1n) is 12.9. The molecule has 3 rings (SSSR count). The molecule has 0 aliphatic heterocycles. The minimum Gasteiger partial charge on any atom is -0.462 e. The van der Waals surface area contributed by atoms with Crippen LogP contribution in [0.15, 0.2) is 35.5 Å². The molecule has 0 radical (unpaired) electrons. The summed E-state index contributed by atoms with van der Waals surface area (Å²) in [5, 5.41) is 0. The number of carbonyl (C=O) groups is 2. The molecule has 3 nitrogen and oxygen atoms in total. The molecule has 3 heteroatoms. The molecule has 0 aromatic heterocycles. The number of hydrogen-bond acceptors (Lipinski definition) is 3. The minimum atomic E-state index is -0.256. The Morgan fingerprint density at radius 1 is 1.06 bits per heavy atom. The van der Waals surface area contributed by atoms with Gasteiger partial charge in [-0.1, -0.05) is 64.5 Å². The van der Waals surface area contributed by atoms with Gasteiger partial charge in [-0.05, 0) is 79.1 Å². The number of allylic oxidation sites excluding steroid dienone is 5. The molecular formula is C29H44O3. The molecule has 3 aliphatic carbocycles. The van der Waals surface area contributed by atoms with Crippen molar-refractivity contribution < 1.29 is 14.3 Å². The Hall–Kier alpha value is -1.64. The molecule has 3 aliphatic rings. The Morgan fingerprint density at radius 2 is 1.81 bits per heavy atom. The summed E-state index contributed by atoms with van der Waals surface area (Å²) in [7, 11) is 0. The summed E-state index contributed by atoms with van der Waals surface area (Å²) in [6.45, 7) is 13.3. The zero-order valence-electron chi connectivity index (χ0n) is 21.2. The highest BCUT2D eigenvalue weighted by molar-refractivity contribution is 5.96. The molecule has 32 heavy (non-hydrogen) atoms. The molecule has 0 amide bonds. The number of rotatable bonds is 6. The second-order valence-corrected chi connectivity index (χ2v) is 11.3. The molecule has 0 spiro atoms. The lowest BCUT2D eigenvalue weighted by Gasteiger charge is -2.44. The van der Waals surface area contributed by atoms with Crippen molar-refractivity contribution >= 4 is 11.8 Å². The monoisotopic (exact) mass is 440 g/mol. The van der Waals surface area contributed by atoms with Gasteiger partial charge >= 0.3 is 5.97 Å². The first kappa shape index (κ1) is 25.0. The van der Waals surface area contributed by atoms with Crippen LogP contribution in [-0.4, -0.2) is 17.9 Å². The largest absolute Gasteiger partial charge is 0.462 e. The van der Waals surface area contributed by atoms with Crippen LogP contribution in [0.3, 0.4) is 0 Å². The zero-order valence-corrected chi connectivity index (χ0v) is 21.2. The Kier molecular flexibility index (Phi) is 8.22. The maximum atomic E-state index is 12.5. The topological polar surface area (TPSA) is 43.4 Å². The summed E-state index contributed by atoms with van der Waals surface area (Å²) in [5.41, 5.74) is 2.71. The minimum absolute atomic E-state index is 0.150. The van der Waals surface area contributed by atoms with Crippen LogP contribution in [0.25, 0.3) is 0 Å². The summed E-state index contributed by atoms with van der Waals surface area (Å²) in [6, 6.07) is 0. The van der Waals surface area contributed by atoms with E-state index in [2.05, 4.69) is 58.9 Å². The molecule has 0 aromatic carbocycles. The summed E-state index contributed by atoms with van der Waals surface area (Å²) in [6.07, 6.45) is 17.0. The molecule has 3 fully saturated rings. The second kappa shape index (κ2) is 10.5. The van der Waals surface area contributed by atoms with Gasteiger partial charge in [0.25, 0.3) is 0 Å². The van der Waals surface area contributed by atoms with Crippen LogP contribution in [0.5, 0.6) is 0 Å². The Bertz CT molecular complexity index is 786. The van der Waals surface area contributed by atoms with E-state index in [0.717, 1.165) is 17.9 Å². The van der Waals surface area contributed by atoms with Crippen LogP contribution < -0.4 is 0 Å². The summed E-state index contributed by atoms with van der Waals surface area (Å²) >= 11 is 0. The Balaban J connectivity index is 1.74. The van der Waals surface area contributed by atoms with Crippen LogP contribution in [-0.2, 0) is 14.3 Å². The molecule has 2 unspecified atom stereocenters. The molecule has 0 aromatic rings. The molecule has 0 N–H and O–H groups in total. The Labute approximate surface area is 195 Å². The fourth-order valence-corrected chi connectivity index (χ4v) is 6.47. The molecule has 0 saturated heterocycles. The van der Waals surface area contributed by atoms with E-state index in [1.165, 1.54) is 38.2 Å². The number of fused-ring (bicyclic) bond motifs is 1. The molecule has 6 atom stereocenters. The quantitative estimate of drug-likeness (QED) is 0.249. The number of Topliss-reactive ketones (excluding diaryl/α,β-unsaturated/α-hetero) is 1. The van der Waals surface area contributed by atoms with Crippen molar-refractivity contribution in [1.82, 2.24) is 0 Å². The highest BCUT2D eigenvalue weighted by Crippen LogP contribution is 2.59. The van der Waals surface area contributed by atoms with E-state index < -0.39 is 0 Å². The smallest absolute Gasteiger partial charge is 0.302 e. The summed E-state index contributed by atoms with van der Waals surface area (Å²) in [4.78, 5) is 23.8. The number of ether oxygens (including phenoxy) is 1. The standard InChI is InChI=1S/C29H44O3/c1-19(2)20(3)9-10-21(4)26-14-15-27-23(8-7-17-29(26,27)6)11-12-24-18-25(32-22(5)30)13-16-28(24)31/h9-12,19-21,25-27H,7-8,13-18H2,1-6H3/b10-9+,23-11+,24-12+/t20-,21?,25-,26+,27?,29+/m0/s1. The van der Waals surface area contributed by atoms with Crippen LogP contribution in [0.2, 0.25) is 0 Å². The maximum Gasteiger partial charge on any atom is 0.302 e. The first-order chi connectivity index (χ1) is 15.1. The van der Waals surface area contributed by atoms with Crippen molar-refractivity contribution in [1.29, 1.82) is 0 Å². The Morgan fingerprint density at radius 3 is 2.50 bits per heavy atom. The van der Waals surface area contributed by atoms with Crippen molar-refractivity contribution in [2.45, 2.75) is 99.0 Å². The fourth-order valence-electron chi connectivity index (χ4n) is 6.47. The SMILES string of the molecule is CC(=O)O[C@H]1CCC(=O)/C(=C/C=C2\CCC[C@@]3(C)C2CC[C@@H]3C(C)/C=C/[C@H](C)C(C)C)C1. The lowest BCUT2D eigenvalue weighted by atomic mass is 9.61. The second-order valence-electron chi connectivity index (χ2n) is 11.3. The van der Waals surface area contributed by atoms with Crippen LogP contribution >= 0.6 is 0 Å². The zero-order chi connectivity index (χ0) is 23.5. The van der Waals surface area contributed by atoms with Gasteiger partial charge in [-0.3, -0.25) is 9.59 Å². The van der Waals surface area contributed by atoms with Gasteiger partial charge in [-0.15, -0.1) is 0 Å². The molecule has 0 bridgehead atoms. The molecular weight excluding hydrogens is 396 g/mol. The van der Waals surface area contributed by atoms with E-state index in [0.29, 0.717) is 48.3 Å². The van der Waals surface area contributed by atoms with Gasteiger partial charge < -0.3 is 4.74 Å². The van der Waals surface area contributed by atoms with Crippen molar-refractivity contribution in [3.05, 3.63) is 35.5 Å². The van der Waals surface area contributed by atoms with E-state index in [1.807, 2.05) is 0 Å². The molecule has 178 valence electrons.